The molecule has 0 unspecified atom stereocenters. The van der Waals surface area contributed by atoms with Gasteiger partial charge in [0, 0.05) is 34.9 Å². The van der Waals surface area contributed by atoms with Gasteiger partial charge >= 0.3 is 0 Å². The van der Waals surface area contributed by atoms with Gasteiger partial charge in [0.25, 0.3) is 0 Å². The minimum absolute atomic E-state index is 0.0691. The third-order valence-electron chi connectivity index (χ3n) is 9.11. The number of nitrogens with one attached hydrogen (secondary N) is 8. The van der Waals surface area contributed by atoms with E-state index in [9.17, 15) is 25.9 Å². The van der Waals surface area contributed by atoms with Crippen LogP contribution < -0.4 is 43.0 Å². The molecule has 0 fully saturated rings. The molecule has 0 radical (unpaired) electrons. The fourth-order valence-corrected chi connectivity index (χ4v) is 7.67. The Balaban J connectivity index is 1.02. The van der Waals surface area contributed by atoms with E-state index in [4.69, 9.17) is 0 Å². The quantitative estimate of drug-likeness (QED) is 0.0418. The first-order valence-electron chi connectivity index (χ1n) is 19.3. The molecule has 2 aliphatic rings. The van der Waals surface area contributed by atoms with Gasteiger partial charge in [0.05, 0.1) is 21.2 Å². The second-order valence-electron chi connectivity index (χ2n) is 13.9. The van der Waals surface area contributed by atoms with Crippen LogP contribution >= 0.6 is 0 Å². The van der Waals surface area contributed by atoms with Crippen molar-refractivity contribution >= 4 is 78.2 Å². The van der Waals surface area contributed by atoms with Crippen molar-refractivity contribution in [2.75, 3.05) is 32.1 Å². The number of amidine groups is 2. The zero-order valence-corrected chi connectivity index (χ0v) is 35.0. The summed E-state index contributed by atoms with van der Waals surface area (Å²) in [5.74, 6) is 1.81. The van der Waals surface area contributed by atoms with Gasteiger partial charge in [0.1, 0.15) is 31.9 Å². The fraction of sp³-hybridized carbons (Fsp3) is 0. The molecule has 0 saturated carbocycles. The van der Waals surface area contributed by atoms with Crippen LogP contribution in [0.4, 0.5) is 34.1 Å². The highest BCUT2D eigenvalue weighted by Crippen LogP contribution is 2.27. The number of hydrazone groups is 2. The largest absolute Gasteiger partial charge is 0.744 e. The molecule has 6 aromatic rings. The Morgan fingerprint density at radius 2 is 0.766 bits per heavy atom. The number of para-hydroxylation sites is 4. The Morgan fingerprint density at radius 3 is 1.09 bits per heavy atom. The highest BCUT2D eigenvalue weighted by Gasteiger charge is 2.18. The number of hydrogen-bond donors (Lipinski definition) is 8. The normalized spacial score (nSPS) is 13.9. The summed E-state index contributed by atoms with van der Waals surface area (Å²) in [6.45, 7) is 0. The first kappa shape index (κ1) is 42.4. The van der Waals surface area contributed by atoms with Crippen LogP contribution in [0.25, 0.3) is 12.2 Å². The van der Waals surface area contributed by atoms with Crippen molar-refractivity contribution < 1.29 is 25.9 Å². The monoisotopic (exact) mass is 894 g/mol. The predicted octanol–water partition coefficient (Wildman–Crippen LogP) is 6.72. The molecule has 8 N–H and O–H groups in total. The lowest BCUT2D eigenvalue weighted by Crippen LogP contribution is -2.44. The highest BCUT2D eigenvalue weighted by atomic mass is 32.2. The summed E-state index contributed by atoms with van der Waals surface area (Å²) in [5.41, 5.74) is 15.3. The molecule has 0 aromatic heterocycles. The van der Waals surface area contributed by atoms with Crippen molar-refractivity contribution in [3.8, 4) is 0 Å². The van der Waals surface area contributed by atoms with Crippen LogP contribution in [-0.4, -0.2) is 48.1 Å². The number of hydrazine groups is 4. The van der Waals surface area contributed by atoms with E-state index < -0.39 is 30.0 Å². The molecule has 64 heavy (non-hydrogen) atoms. The second kappa shape index (κ2) is 18.8. The zero-order valence-electron chi connectivity index (χ0n) is 33.4. The van der Waals surface area contributed by atoms with Crippen LogP contribution in [0.15, 0.2) is 202 Å². The van der Waals surface area contributed by atoms with Crippen molar-refractivity contribution in [1.82, 2.24) is 21.3 Å². The lowest BCUT2D eigenvalue weighted by molar-refractivity contribution is 0.272. The minimum atomic E-state index is -5.10. The van der Waals surface area contributed by atoms with Crippen LogP contribution in [-0.2, 0) is 20.2 Å². The average Bonchev–Trinajstić information content (AvgIpc) is 3.27. The summed E-state index contributed by atoms with van der Waals surface area (Å²) in [6.07, 6.45) is 5.93. The van der Waals surface area contributed by atoms with E-state index in [1.807, 2.05) is 121 Å². The summed E-state index contributed by atoms with van der Waals surface area (Å²) in [7, 11) is -10.2. The maximum absolute atomic E-state index is 12.6. The Hall–Kier alpha value is -8.30. The lowest BCUT2D eigenvalue weighted by Gasteiger charge is -2.29. The van der Waals surface area contributed by atoms with Crippen LogP contribution in [0.3, 0.4) is 0 Å². The van der Waals surface area contributed by atoms with Gasteiger partial charge in [0.15, 0.2) is 11.7 Å². The Bertz CT molecular complexity index is 2810. The molecular formula is C44H38N12O6S2-2. The highest BCUT2D eigenvalue weighted by molar-refractivity contribution is 7.86. The number of rotatable bonds is 14. The Kier molecular flexibility index (Phi) is 12.4. The predicted molar refractivity (Wildman–Crippen MR) is 246 cm³/mol. The SMILES string of the molecule is O=S(=O)([O-])c1cc(NN2N=C(Nc3ccccc3)C=C(Nc3ccccc3)N2)ccc1/C=C/c1ccc(NN2N=C(Nc3ccccc3)C=C(Nc3ccccc3)N2)cc1S(=O)(=O)[O-]. The van der Waals surface area contributed by atoms with E-state index in [1.165, 1.54) is 46.9 Å². The summed E-state index contributed by atoms with van der Waals surface area (Å²) >= 11 is 0. The van der Waals surface area contributed by atoms with Gasteiger partial charge in [-0.25, -0.2) is 27.7 Å². The van der Waals surface area contributed by atoms with Gasteiger partial charge < -0.3 is 30.4 Å². The summed E-state index contributed by atoms with van der Waals surface area (Å²) in [4.78, 5) is -1.25. The topological polar surface area (TPSA) is 242 Å². The summed E-state index contributed by atoms with van der Waals surface area (Å²) in [6, 6.07) is 45.3. The lowest BCUT2D eigenvalue weighted by atomic mass is 10.1. The Labute approximate surface area is 368 Å². The van der Waals surface area contributed by atoms with E-state index in [0.717, 1.165) is 34.9 Å². The molecule has 0 atom stereocenters. The molecule has 2 aliphatic heterocycles. The van der Waals surface area contributed by atoms with Crippen molar-refractivity contribution in [2.45, 2.75) is 9.79 Å². The van der Waals surface area contributed by atoms with E-state index >= 15 is 0 Å². The molecule has 2 heterocycles. The van der Waals surface area contributed by atoms with Crippen LogP contribution in [0, 0.1) is 0 Å². The first-order chi connectivity index (χ1) is 30.9. The van der Waals surface area contributed by atoms with Crippen LogP contribution in [0.2, 0.25) is 0 Å². The van der Waals surface area contributed by atoms with Gasteiger partial charge in [-0.05, 0) is 83.9 Å². The second-order valence-corrected chi connectivity index (χ2v) is 16.6. The average molecular weight is 895 g/mol. The smallest absolute Gasteiger partial charge is 0.158 e. The van der Waals surface area contributed by atoms with E-state index in [1.54, 1.807) is 12.2 Å². The van der Waals surface area contributed by atoms with Gasteiger partial charge in [-0.3, -0.25) is 10.9 Å². The first-order valence-corrected chi connectivity index (χ1v) is 22.2. The van der Waals surface area contributed by atoms with E-state index in [0.29, 0.717) is 23.3 Å². The molecule has 0 bridgehead atoms. The Morgan fingerprint density at radius 1 is 0.438 bits per heavy atom. The molecule has 6 aromatic carbocycles. The van der Waals surface area contributed by atoms with Gasteiger partial charge in [-0.2, -0.15) is 0 Å². The van der Waals surface area contributed by atoms with Gasteiger partial charge in [-0.15, -0.1) is 20.7 Å². The minimum Gasteiger partial charge on any atom is -0.744 e. The molecule has 0 amide bonds. The molecule has 18 nitrogen and oxygen atoms in total. The zero-order chi connectivity index (χ0) is 44.5. The van der Waals surface area contributed by atoms with Crippen molar-refractivity contribution in [3.63, 3.8) is 0 Å². The number of hydrogen-bond acceptors (Lipinski definition) is 18. The maximum Gasteiger partial charge on any atom is 0.158 e. The third kappa shape index (κ3) is 11.3. The number of nitrogens with zero attached hydrogens (tertiary/aromatic N) is 4. The molecule has 0 spiro atoms. The van der Waals surface area contributed by atoms with Gasteiger partial charge in [0.2, 0.25) is 0 Å². The van der Waals surface area contributed by atoms with Gasteiger partial charge in [-0.1, -0.05) is 97.1 Å². The standard InChI is InChI=1S/C44H40N12O6S2/c57-63(58,59)39-27-37(49-55-51-41(45-33-13-5-1-6-14-33)29-42(52-55)46-34-15-7-2-8-16-34)25-23-31(39)21-22-32-24-26-38(28-40(32)64(60,61)62)50-56-53-43(47-35-17-9-3-10-18-35)30-44(54-56)48-36-19-11-4-12-20-36/h1-30,45,47,49-51,53H,(H,46,52)(H,48,54)(H,57,58,59)(H,60,61,62)/p-2/b22-21+. The molecular weight excluding hydrogens is 857 g/mol. The summed E-state index contributed by atoms with van der Waals surface area (Å²) < 4.78 is 75.8. The fourth-order valence-electron chi connectivity index (χ4n) is 6.28. The third-order valence-corrected chi connectivity index (χ3v) is 10.9. The molecule has 324 valence electrons. The van der Waals surface area contributed by atoms with Crippen molar-refractivity contribution in [3.05, 3.63) is 193 Å². The maximum atomic E-state index is 12.6. The van der Waals surface area contributed by atoms with Crippen LogP contribution in [0.1, 0.15) is 11.1 Å². The van der Waals surface area contributed by atoms with Crippen molar-refractivity contribution in [1.29, 1.82) is 0 Å². The molecule has 8 rings (SSSR count). The van der Waals surface area contributed by atoms with Crippen molar-refractivity contribution in [2.24, 2.45) is 10.2 Å². The molecule has 0 aliphatic carbocycles. The number of anilines is 6. The van der Waals surface area contributed by atoms with E-state index in [2.05, 4.69) is 53.2 Å². The summed E-state index contributed by atoms with van der Waals surface area (Å²) in [5, 5.41) is 24.4. The molecule has 0 saturated heterocycles. The molecule has 20 heteroatoms. The van der Waals surface area contributed by atoms with Crippen LogP contribution in [0.5, 0.6) is 0 Å². The van der Waals surface area contributed by atoms with E-state index in [-0.39, 0.29) is 22.5 Å². The number of benzene rings is 6.